The van der Waals surface area contributed by atoms with E-state index in [0.717, 1.165) is 48.4 Å². The predicted octanol–water partition coefficient (Wildman–Crippen LogP) is 4.52. The monoisotopic (exact) mass is 372 g/mol. The van der Waals surface area contributed by atoms with Crippen molar-refractivity contribution in [3.05, 3.63) is 90.1 Å². The SMILES string of the molecule is Fc1ccc([C@@H]2CCN(Cc3cnc4c(-c5ccccc5)cnn4c3)C2)cc1. The summed E-state index contributed by atoms with van der Waals surface area (Å²) in [6.07, 6.45) is 7.00. The fraction of sp³-hybridized carbons (Fsp3) is 0.217. The molecule has 28 heavy (non-hydrogen) atoms. The Labute approximate surface area is 163 Å². The molecule has 1 aliphatic heterocycles. The maximum atomic E-state index is 13.1. The summed E-state index contributed by atoms with van der Waals surface area (Å²) < 4.78 is 15.0. The van der Waals surface area contributed by atoms with Crippen LogP contribution in [0.5, 0.6) is 0 Å². The van der Waals surface area contributed by atoms with Crippen molar-refractivity contribution in [3.8, 4) is 11.1 Å². The molecule has 0 aliphatic carbocycles. The van der Waals surface area contributed by atoms with Gasteiger partial charge in [-0.3, -0.25) is 4.90 Å². The van der Waals surface area contributed by atoms with Gasteiger partial charge in [-0.15, -0.1) is 0 Å². The van der Waals surface area contributed by atoms with E-state index in [1.165, 1.54) is 5.56 Å². The summed E-state index contributed by atoms with van der Waals surface area (Å²) in [4.78, 5) is 7.11. The molecule has 3 heterocycles. The van der Waals surface area contributed by atoms with Crippen LogP contribution in [-0.2, 0) is 6.54 Å². The van der Waals surface area contributed by atoms with E-state index >= 15 is 0 Å². The highest BCUT2D eigenvalue weighted by molar-refractivity contribution is 5.76. The van der Waals surface area contributed by atoms with Crippen LogP contribution in [0.15, 0.2) is 73.2 Å². The molecular formula is C23H21FN4. The van der Waals surface area contributed by atoms with E-state index in [2.05, 4.69) is 33.3 Å². The number of benzene rings is 2. The molecular weight excluding hydrogens is 351 g/mol. The van der Waals surface area contributed by atoms with Gasteiger partial charge in [0, 0.05) is 36.6 Å². The first kappa shape index (κ1) is 17.1. The second kappa shape index (κ2) is 7.17. The molecule has 1 atom stereocenters. The van der Waals surface area contributed by atoms with Gasteiger partial charge in [-0.25, -0.2) is 13.9 Å². The molecule has 1 aliphatic rings. The van der Waals surface area contributed by atoms with Gasteiger partial charge in [-0.05, 0) is 42.1 Å². The van der Waals surface area contributed by atoms with Gasteiger partial charge in [0.2, 0.25) is 0 Å². The Morgan fingerprint density at radius 3 is 2.64 bits per heavy atom. The summed E-state index contributed by atoms with van der Waals surface area (Å²) in [7, 11) is 0. The van der Waals surface area contributed by atoms with Gasteiger partial charge in [0.1, 0.15) is 5.82 Å². The number of fused-ring (bicyclic) bond motifs is 1. The van der Waals surface area contributed by atoms with Crippen LogP contribution < -0.4 is 0 Å². The van der Waals surface area contributed by atoms with E-state index < -0.39 is 0 Å². The molecule has 2 aromatic heterocycles. The van der Waals surface area contributed by atoms with E-state index in [1.807, 2.05) is 47.2 Å². The Morgan fingerprint density at radius 2 is 1.82 bits per heavy atom. The maximum absolute atomic E-state index is 13.1. The molecule has 0 N–H and O–H groups in total. The van der Waals surface area contributed by atoms with Crippen molar-refractivity contribution in [3.63, 3.8) is 0 Å². The van der Waals surface area contributed by atoms with Crippen molar-refractivity contribution in [2.45, 2.75) is 18.9 Å². The van der Waals surface area contributed by atoms with Crippen LogP contribution in [0, 0.1) is 5.82 Å². The van der Waals surface area contributed by atoms with Crippen LogP contribution in [0.3, 0.4) is 0 Å². The Kier molecular flexibility index (Phi) is 4.37. The predicted molar refractivity (Wildman–Crippen MR) is 107 cm³/mol. The van der Waals surface area contributed by atoms with Gasteiger partial charge in [-0.1, -0.05) is 42.5 Å². The minimum absolute atomic E-state index is 0.174. The van der Waals surface area contributed by atoms with Crippen molar-refractivity contribution in [1.82, 2.24) is 19.5 Å². The minimum atomic E-state index is -0.174. The fourth-order valence-electron chi connectivity index (χ4n) is 4.06. The topological polar surface area (TPSA) is 33.4 Å². The lowest BCUT2D eigenvalue weighted by molar-refractivity contribution is 0.326. The Morgan fingerprint density at radius 1 is 1.00 bits per heavy atom. The second-order valence-corrected chi connectivity index (χ2v) is 7.43. The van der Waals surface area contributed by atoms with Crippen molar-refractivity contribution in [1.29, 1.82) is 0 Å². The van der Waals surface area contributed by atoms with E-state index in [0.29, 0.717) is 5.92 Å². The van der Waals surface area contributed by atoms with Crippen LogP contribution in [0.1, 0.15) is 23.5 Å². The maximum Gasteiger partial charge on any atom is 0.162 e. The minimum Gasteiger partial charge on any atom is -0.298 e. The number of nitrogens with zero attached hydrogens (tertiary/aromatic N) is 4. The van der Waals surface area contributed by atoms with Gasteiger partial charge in [-0.2, -0.15) is 5.10 Å². The third-order valence-corrected chi connectivity index (χ3v) is 5.51. The molecule has 4 nitrogen and oxygen atoms in total. The molecule has 5 heteroatoms. The molecule has 0 spiro atoms. The highest BCUT2D eigenvalue weighted by atomic mass is 19.1. The largest absolute Gasteiger partial charge is 0.298 e. The van der Waals surface area contributed by atoms with Crippen molar-refractivity contribution in [2.24, 2.45) is 0 Å². The van der Waals surface area contributed by atoms with Gasteiger partial charge in [0.25, 0.3) is 0 Å². The van der Waals surface area contributed by atoms with E-state index in [-0.39, 0.29) is 5.82 Å². The zero-order chi connectivity index (χ0) is 18.9. The smallest absolute Gasteiger partial charge is 0.162 e. The number of hydrogen-bond donors (Lipinski definition) is 0. The lowest BCUT2D eigenvalue weighted by Crippen LogP contribution is -2.20. The average Bonchev–Trinajstić information content (AvgIpc) is 3.36. The Bertz CT molecular complexity index is 1090. The van der Waals surface area contributed by atoms with Gasteiger partial charge < -0.3 is 0 Å². The molecule has 2 aromatic carbocycles. The number of hydrogen-bond acceptors (Lipinski definition) is 3. The molecule has 1 saturated heterocycles. The molecule has 4 aromatic rings. The van der Waals surface area contributed by atoms with Crippen LogP contribution in [-0.4, -0.2) is 32.6 Å². The molecule has 1 fully saturated rings. The van der Waals surface area contributed by atoms with E-state index in [9.17, 15) is 4.39 Å². The standard InChI is InChI=1S/C23H21FN4/c24-21-8-6-18(7-9-21)20-10-11-27(16-20)14-17-12-25-23-22(13-26-28(23)15-17)19-4-2-1-3-5-19/h1-9,12-13,15,20H,10-11,14,16H2/t20-/m1/s1. The summed E-state index contributed by atoms with van der Waals surface area (Å²) in [5, 5.41) is 4.50. The highest BCUT2D eigenvalue weighted by Crippen LogP contribution is 2.28. The first-order chi connectivity index (χ1) is 13.8. The molecule has 5 rings (SSSR count). The quantitative estimate of drug-likeness (QED) is 0.528. The normalized spacial score (nSPS) is 17.4. The average molecular weight is 372 g/mol. The van der Waals surface area contributed by atoms with E-state index in [1.54, 1.807) is 12.1 Å². The van der Waals surface area contributed by atoms with Crippen molar-refractivity contribution < 1.29 is 4.39 Å². The summed E-state index contributed by atoms with van der Waals surface area (Å²) in [6, 6.07) is 17.1. The van der Waals surface area contributed by atoms with Gasteiger partial charge in [0.05, 0.1) is 6.20 Å². The summed E-state index contributed by atoms with van der Waals surface area (Å²) in [5.74, 6) is 0.291. The molecule has 0 saturated carbocycles. The van der Waals surface area contributed by atoms with Crippen LogP contribution in [0.2, 0.25) is 0 Å². The second-order valence-electron chi connectivity index (χ2n) is 7.43. The molecule has 0 unspecified atom stereocenters. The fourth-order valence-corrected chi connectivity index (χ4v) is 4.06. The number of rotatable bonds is 4. The number of aromatic nitrogens is 3. The summed E-state index contributed by atoms with van der Waals surface area (Å²) >= 11 is 0. The van der Waals surface area contributed by atoms with Gasteiger partial charge in [0.15, 0.2) is 5.65 Å². The lowest BCUT2D eigenvalue weighted by Gasteiger charge is -2.16. The Balaban J connectivity index is 1.31. The number of halogens is 1. The number of likely N-dealkylation sites (tertiary alicyclic amines) is 1. The molecule has 0 bridgehead atoms. The third kappa shape index (κ3) is 3.29. The van der Waals surface area contributed by atoms with Gasteiger partial charge >= 0.3 is 0 Å². The van der Waals surface area contributed by atoms with Crippen molar-refractivity contribution >= 4 is 5.65 Å². The Hall–Kier alpha value is -3.05. The van der Waals surface area contributed by atoms with Crippen LogP contribution in [0.25, 0.3) is 16.8 Å². The first-order valence-electron chi connectivity index (χ1n) is 9.62. The summed E-state index contributed by atoms with van der Waals surface area (Å²) in [5.41, 5.74) is 5.41. The zero-order valence-electron chi connectivity index (χ0n) is 15.5. The lowest BCUT2D eigenvalue weighted by atomic mass is 9.99. The third-order valence-electron chi connectivity index (χ3n) is 5.51. The highest BCUT2D eigenvalue weighted by Gasteiger charge is 2.24. The molecule has 0 amide bonds. The van der Waals surface area contributed by atoms with Crippen molar-refractivity contribution in [2.75, 3.05) is 13.1 Å². The molecule has 0 radical (unpaired) electrons. The first-order valence-corrected chi connectivity index (χ1v) is 9.62. The summed E-state index contributed by atoms with van der Waals surface area (Å²) in [6.45, 7) is 2.87. The molecule has 140 valence electrons. The zero-order valence-corrected chi connectivity index (χ0v) is 15.5. The van der Waals surface area contributed by atoms with Crippen LogP contribution >= 0.6 is 0 Å². The van der Waals surface area contributed by atoms with E-state index in [4.69, 9.17) is 0 Å². The van der Waals surface area contributed by atoms with Crippen LogP contribution in [0.4, 0.5) is 4.39 Å².